The number of anilines is 1. The summed E-state index contributed by atoms with van der Waals surface area (Å²) in [5.74, 6) is 3.72. The lowest BCUT2D eigenvalue weighted by atomic mass is 9.40. The van der Waals surface area contributed by atoms with Crippen molar-refractivity contribution in [2.45, 2.75) is 170 Å². The highest BCUT2D eigenvalue weighted by Gasteiger charge is 2.68. The van der Waals surface area contributed by atoms with Crippen LogP contribution in [0.1, 0.15) is 154 Å². The second-order valence-electron chi connectivity index (χ2n) is 24.0. The van der Waals surface area contributed by atoms with Crippen LogP contribution in [0.2, 0.25) is 0 Å². The first-order chi connectivity index (χ1) is 36.1. The summed E-state index contributed by atoms with van der Waals surface area (Å²) in [4.78, 5) is 44.3. The summed E-state index contributed by atoms with van der Waals surface area (Å²) in [6.45, 7) is 0.956. The van der Waals surface area contributed by atoms with Crippen LogP contribution in [0.4, 0.5) is 5.69 Å². The van der Waals surface area contributed by atoms with E-state index in [4.69, 9.17) is 14.2 Å². The SMILES string of the molecule is COC[C@H](O)[C@@](C)(O)CNc1cc(CO)cc([C@H]2C#C[C@@H]3CC(=O)Oc4c3cc(c(O)c4C3CCCCC3)C[C@H]3OC(=O)/C(=C\[C@H](O)Cc4cccc(c4)C[C@H]4C(=O)C[C@H]5CC[C@@H]6[C@@H]7CCCC[C@H]7[C@]3(O)[C@H]5[C@H]64)C2)c1. The zero-order valence-electron chi connectivity index (χ0n) is 43.5. The lowest BCUT2D eigenvalue weighted by Crippen LogP contribution is -2.71. The number of nitrogens with one attached hydrogen (secondary N) is 1. The fraction of sp³-hybridized carbons (Fsp3) is 0.597. The molecule has 400 valence electrons. The molecule has 12 bridgehead atoms. The van der Waals surface area contributed by atoms with E-state index in [-0.39, 0.29) is 110 Å². The van der Waals surface area contributed by atoms with E-state index in [9.17, 15) is 40.2 Å². The number of aliphatic hydroxyl groups is 5. The summed E-state index contributed by atoms with van der Waals surface area (Å²) in [6.07, 6.45) is 8.61. The van der Waals surface area contributed by atoms with E-state index in [2.05, 4.69) is 29.3 Å². The van der Waals surface area contributed by atoms with Gasteiger partial charge in [0.15, 0.2) is 0 Å². The van der Waals surface area contributed by atoms with Crippen LogP contribution in [0, 0.1) is 53.3 Å². The highest BCUT2D eigenvalue weighted by molar-refractivity contribution is 5.89. The summed E-state index contributed by atoms with van der Waals surface area (Å²) in [5.41, 5.74) is 2.05. The van der Waals surface area contributed by atoms with Crippen molar-refractivity contribution in [3.8, 4) is 23.3 Å². The Morgan fingerprint density at radius 2 is 1.63 bits per heavy atom. The van der Waals surface area contributed by atoms with E-state index < -0.39 is 53.3 Å². The molecular formula is C62H75NO12. The van der Waals surface area contributed by atoms with Crippen LogP contribution in [-0.4, -0.2) is 98.1 Å². The number of esters is 2. The quantitative estimate of drug-likeness (QED) is 0.0625. The molecular weight excluding hydrogens is 951 g/mol. The second-order valence-corrected chi connectivity index (χ2v) is 24.0. The Morgan fingerprint density at radius 3 is 2.41 bits per heavy atom. The molecule has 75 heavy (non-hydrogen) atoms. The van der Waals surface area contributed by atoms with Gasteiger partial charge in [-0.2, -0.15) is 0 Å². The van der Waals surface area contributed by atoms with Gasteiger partial charge in [-0.15, -0.1) is 0 Å². The Balaban J connectivity index is 1.13. The van der Waals surface area contributed by atoms with Gasteiger partial charge in [0, 0.05) is 67.1 Å². The molecule has 0 unspecified atom stereocenters. The number of benzene rings is 3. The number of rotatable bonds is 9. The largest absolute Gasteiger partial charge is 0.507 e. The third-order valence-corrected chi connectivity index (χ3v) is 19.4. The van der Waals surface area contributed by atoms with Crippen LogP contribution < -0.4 is 10.1 Å². The van der Waals surface area contributed by atoms with Crippen LogP contribution in [0.25, 0.3) is 0 Å². The van der Waals surface area contributed by atoms with Crippen LogP contribution in [0.3, 0.4) is 0 Å². The Kier molecular flexibility index (Phi) is 14.6. The van der Waals surface area contributed by atoms with E-state index in [1.54, 1.807) is 18.2 Å². The summed E-state index contributed by atoms with van der Waals surface area (Å²) in [7, 11) is 1.44. The van der Waals surface area contributed by atoms with Gasteiger partial charge in [0.1, 0.15) is 40.7 Å². The molecule has 0 radical (unpaired) electrons. The molecule has 0 amide bonds. The minimum atomic E-state index is -1.61. The molecule has 7 N–H and O–H groups in total. The molecule has 13 heteroatoms. The number of methoxy groups -OCH3 is 1. The summed E-state index contributed by atoms with van der Waals surface area (Å²) in [5, 5.41) is 75.4. The zero-order chi connectivity index (χ0) is 52.3. The fourth-order valence-corrected chi connectivity index (χ4v) is 15.9. The molecule has 0 aromatic heterocycles. The van der Waals surface area contributed by atoms with Gasteiger partial charge in [-0.05, 0) is 152 Å². The highest BCUT2D eigenvalue weighted by Crippen LogP contribution is 2.66. The van der Waals surface area contributed by atoms with Crippen molar-refractivity contribution in [2.75, 3.05) is 25.6 Å². The number of aromatic hydroxyl groups is 1. The summed E-state index contributed by atoms with van der Waals surface area (Å²) < 4.78 is 18.4. The third-order valence-electron chi connectivity index (χ3n) is 19.4. The first-order valence-corrected chi connectivity index (χ1v) is 28.0. The number of phenols is 1. The lowest BCUT2D eigenvalue weighted by Gasteiger charge is -2.66. The molecule has 11 rings (SSSR count). The third kappa shape index (κ3) is 9.86. The monoisotopic (exact) mass is 1030 g/mol. The van der Waals surface area contributed by atoms with Crippen molar-refractivity contribution < 1.29 is 59.2 Å². The Bertz CT molecular complexity index is 2780. The second kappa shape index (κ2) is 21.0. The predicted octanol–water partition coefficient (Wildman–Crippen LogP) is 7.63. The molecule has 5 aliphatic carbocycles. The number of carbonyl (C=O) groups excluding carboxylic acids is 3. The van der Waals surface area contributed by atoms with Crippen molar-refractivity contribution in [1.29, 1.82) is 0 Å². The molecule has 3 heterocycles. The van der Waals surface area contributed by atoms with Crippen LogP contribution in [0.15, 0.2) is 60.2 Å². The van der Waals surface area contributed by atoms with Crippen LogP contribution >= 0.6 is 0 Å². The zero-order valence-corrected chi connectivity index (χ0v) is 43.5. The van der Waals surface area contributed by atoms with Crippen LogP contribution in [-0.2, 0) is 49.7 Å². The van der Waals surface area contributed by atoms with Gasteiger partial charge in [-0.25, -0.2) is 4.79 Å². The number of fused-ring (bicyclic) bond motifs is 10. The number of hydrogen-bond donors (Lipinski definition) is 7. The first-order valence-electron chi connectivity index (χ1n) is 28.0. The minimum Gasteiger partial charge on any atom is -0.507 e. The molecule has 13 nitrogen and oxygen atoms in total. The average Bonchev–Trinajstić information content (AvgIpc) is 3.42. The van der Waals surface area contributed by atoms with E-state index in [0.717, 1.165) is 81.8 Å². The molecule has 5 fully saturated rings. The maximum Gasteiger partial charge on any atom is 0.334 e. The normalized spacial score (nSPS) is 34.4. The number of ether oxygens (including phenoxy) is 3. The summed E-state index contributed by atoms with van der Waals surface area (Å²) in [6, 6.07) is 15.3. The number of carbonyl (C=O) groups is 3. The fourth-order valence-electron chi connectivity index (χ4n) is 15.9. The van der Waals surface area contributed by atoms with Gasteiger partial charge < -0.3 is 50.2 Å². The van der Waals surface area contributed by atoms with Crippen LogP contribution in [0.5, 0.6) is 11.5 Å². The lowest BCUT2D eigenvalue weighted by molar-refractivity contribution is -0.265. The maximum atomic E-state index is 15.8. The average molecular weight is 1030 g/mol. The van der Waals surface area contributed by atoms with Gasteiger partial charge in [-0.3, -0.25) is 9.59 Å². The maximum absolute atomic E-state index is 15.8. The van der Waals surface area contributed by atoms with E-state index in [1.807, 2.05) is 24.3 Å². The molecule has 14 atom stereocenters. The summed E-state index contributed by atoms with van der Waals surface area (Å²) >= 11 is 0. The standard InChI is InChI=1S/C62H75NO12/c1-61(71,52(67)32-73-2)33-63-44-21-36(31-64)20-41(25-44)38-15-16-39-30-54(68)75-59-48(39)27-42(58(69)55(59)37-11-4-3-5-12-37)29-53-62(72)50-14-7-6-13-46(50)47-18-17-40-28-51(66)49(56(47)57(40)62)23-35-10-8-9-34(19-35)22-45(65)26-43(24-38)60(70)74-53/h8-10,19-21,25-27,37-40,45-47,49-50,52-53,56-57,63-65,67,69,71-72H,3-7,11-14,17-18,22-24,28-33H2,1-2H3/b43-26-/t38-,39+,40+,45+,46-,47+,49-,50+,52-,53+,56+,57+,61-,62+/m0/s1. The van der Waals surface area contributed by atoms with Crippen molar-refractivity contribution in [2.24, 2.45) is 41.4 Å². The topological polar surface area (TPSA) is 212 Å². The van der Waals surface area contributed by atoms with E-state index in [1.165, 1.54) is 14.0 Å². The van der Waals surface area contributed by atoms with Gasteiger partial charge in [0.05, 0.1) is 31.7 Å². The smallest absolute Gasteiger partial charge is 0.334 e. The van der Waals surface area contributed by atoms with E-state index in [0.29, 0.717) is 52.1 Å². The number of aliphatic hydroxyl groups excluding tert-OH is 3. The van der Waals surface area contributed by atoms with Gasteiger partial charge in [0.25, 0.3) is 0 Å². The van der Waals surface area contributed by atoms with Crippen molar-refractivity contribution in [3.05, 3.63) is 99.1 Å². The van der Waals surface area contributed by atoms with Crippen molar-refractivity contribution >= 4 is 23.4 Å². The highest BCUT2D eigenvalue weighted by atomic mass is 16.6. The number of phenolic OH excluding ortho intramolecular Hbond substituents is 1. The molecule has 0 saturated heterocycles. The number of hydrogen-bond acceptors (Lipinski definition) is 13. The van der Waals surface area contributed by atoms with Gasteiger partial charge >= 0.3 is 11.9 Å². The number of ketones is 1. The number of Topliss-reactive ketones (excluding diaryl/α,β-unsaturated/α-hetero) is 1. The molecule has 8 aliphatic rings. The van der Waals surface area contributed by atoms with Crippen molar-refractivity contribution in [1.82, 2.24) is 0 Å². The minimum absolute atomic E-state index is 0.0175. The molecule has 0 spiro atoms. The Hall–Kier alpha value is -5.07. The van der Waals surface area contributed by atoms with Gasteiger partial charge in [0.2, 0.25) is 0 Å². The molecule has 3 aliphatic heterocycles. The van der Waals surface area contributed by atoms with E-state index >= 15 is 4.79 Å². The van der Waals surface area contributed by atoms with Gasteiger partial charge in [-0.1, -0.05) is 74.3 Å². The predicted molar refractivity (Wildman–Crippen MR) is 280 cm³/mol. The Labute approximate surface area is 440 Å². The molecule has 3 aromatic carbocycles. The van der Waals surface area contributed by atoms with Crippen molar-refractivity contribution in [3.63, 3.8) is 0 Å². The molecule has 3 aromatic rings. The first kappa shape index (κ1) is 52.0. The molecule has 5 saturated carbocycles. The Morgan fingerprint density at radius 1 is 0.867 bits per heavy atom.